The third kappa shape index (κ3) is 2.71. The van der Waals surface area contributed by atoms with Crippen molar-refractivity contribution in [2.45, 2.75) is 12.5 Å². The number of hydrogen-bond donors (Lipinski definition) is 1. The van der Waals surface area contributed by atoms with Crippen molar-refractivity contribution in [3.05, 3.63) is 48.0 Å². The van der Waals surface area contributed by atoms with Crippen molar-refractivity contribution in [1.82, 2.24) is 0 Å². The number of rotatable bonds is 2. The van der Waals surface area contributed by atoms with Crippen LogP contribution < -0.4 is 19.7 Å². The first kappa shape index (κ1) is 16.0. The van der Waals surface area contributed by atoms with E-state index < -0.39 is 0 Å². The average Bonchev–Trinajstić information content (AvgIpc) is 2.67. The van der Waals surface area contributed by atoms with Crippen LogP contribution in [0.25, 0.3) is 0 Å². The second kappa shape index (κ2) is 6.41. The number of nitrogens with one attached hydrogen (secondary N) is 1. The Morgan fingerprint density at radius 3 is 2.92 bits per heavy atom. The van der Waals surface area contributed by atoms with Gasteiger partial charge >= 0.3 is 0 Å². The highest BCUT2D eigenvalue weighted by Gasteiger charge is 2.33. The van der Waals surface area contributed by atoms with Crippen LogP contribution in [0, 0.1) is 11.3 Å². The number of nitrogens with zero attached hydrogens (tertiary/aromatic N) is 2. The van der Waals surface area contributed by atoms with E-state index in [0.29, 0.717) is 28.4 Å². The molecule has 2 heterocycles. The molecular formula is C19H15N3O4. The summed E-state index contributed by atoms with van der Waals surface area (Å²) in [7, 11) is 0. The number of benzene rings is 2. The van der Waals surface area contributed by atoms with Gasteiger partial charge in [0.15, 0.2) is 6.61 Å². The van der Waals surface area contributed by atoms with Gasteiger partial charge < -0.3 is 14.8 Å². The lowest BCUT2D eigenvalue weighted by molar-refractivity contribution is -0.118. The molecule has 1 atom stereocenters. The average molecular weight is 349 g/mol. The Bertz CT molecular complexity index is 935. The van der Waals surface area contributed by atoms with Crippen LogP contribution in [-0.4, -0.2) is 31.1 Å². The number of amides is 2. The Morgan fingerprint density at radius 1 is 1.23 bits per heavy atom. The van der Waals surface area contributed by atoms with Gasteiger partial charge in [-0.25, -0.2) is 0 Å². The van der Waals surface area contributed by atoms with E-state index >= 15 is 0 Å². The molecular weight excluding hydrogens is 334 g/mol. The van der Waals surface area contributed by atoms with Gasteiger partial charge in [-0.05, 0) is 30.3 Å². The molecule has 0 radical (unpaired) electrons. The molecule has 26 heavy (non-hydrogen) atoms. The summed E-state index contributed by atoms with van der Waals surface area (Å²) in [5, 5.41) is 11.8. The molecule has 0 saturated heterocycles. The Hall–Kier alpha value is -3.53. The molecule has 0 aliphatic carbocycles. The summed E-state index contributed by atoms with van der Waals surface area (Å²) in [6.07, 6.45) is 0.158. The van der Waals surface area contributed by atoms with E-state index in [1.165, 1.54) is 0 Å². The summed E-state index contributed by atoms with van der Waals surface area (Å²) in [4.78, 5) is 26.3. The Balaban J connectivity index is 1.73. The quantitative estimate of drug-likeness (QED) is 0.898. The Labute approximate surface area is 149 Å². The zero-order chi connectivity index (χ0) is 18.1. The van der Waals surface area contributed by atoms with E-state index in [1.807, 2.05) is 12.1 Å². The Morgan fingerprint density at radius 2 is 2.08 bits per heavy atom. The highest BCUT2D eigenvalue weighted by atomic mass is 16.5. The van der Waals surface area contributed by atoms with E-state index in [2.05, 4.69) is 11.4 Å². The number of anilines is 2. The molecule has 7 nitrogen and oxygen atoms in total. The predicted molar refractivity (Wildman–Crippen MR) is 93.3 cm³/mol. The van der Waals surface area contributed by atoms with Crippen LogP contribution in [0.4, 0.5) is 11.4 Å². The van der Waals surface area contributed by atoms with E-state index in [-0.39, 0.29) is 37.5 Å². The molecule has 0 spiro atoms. The molecule has 2 aliphatic heterocycles. The van der Waals surface area contributed by atoms with Gasteiger partial charge in [-0.2, -0.15) is 5.26 Å². The van der Waals surface area contributed by atoms with Crippen molar-refractivity contribution in [3.63, 3.8) is 0 Å². The fourth-order valence-electron chi connectivity index (χ4n) is 3.12. The molecule has 2 aromatic rings. The SMILES string of the molecule is N#CC[C@H]1COc2ccccc2N1C(=O)c1ccc2c(c1)NC(=O)CO2. The number of fused-ring (bicyclic) bond motifs is 2. The monoisotopic (exact) mass is 349 g/mol. The first-order valence-corrected chi connectivity index (χ1v) is 8.16. The molecule has 2 aromatic carbocycles. The lowest BCUT2D eigenvalue weighted by Crippen LogP contribution is -2.46. The predicted octanol–water partition coefficient (Wildman–Crippen LogP) is 2.34. The minimum Gasteiger partial charge on any atom is -0.489 e. The molecule has 0 aromatic heterocycles. The molecule has 2 aliphatic rings. The van der Waals surface area contributed by atoms with Crippen molar-refractivity contribution in [1.29, 1.82) is 5.26 Å². The van der Waals surface area contributed by atoms with Gasteiger partial charge in [-0.1, -0.05) is 12.1 Å². The van der Waals surface area contributed by atoms with Crippen molar-refractivity contribution >= 4 is 23.2 Å². The van der Waals surface area contributed by atoms with Crippen molar-refractivity contribution in [2.75, 3.05) is 23.4 Å². The lowest BCUT2D eigenvalue weighted by Gasteiger charge is -2.36. The van der Waals surface area contributed by atoms with Crippen molar-refractivity contribution in [2.24, 2.45) is 0 Å². The van der Waals surface area contributed by atoms with Crippen LogP contribution >= 0.6 is 0 Å². The van der Waals surface area contributed by atoms with Gasteiger partial charge in [-0.3, -0.25) is 14.5 Å². The van der Waals surface area contributed by atoms with Crippen LogP contribution in [0.15, 0.2) is 42.5 Å². The van der Waals surface area contributed by atoms with Crippen LogP contribution in [0.2, 0.25) is 0 Å². The number of hydrogen-bond acceptors (Lipinski definition) is 5. The summed E-state index contributed by atoms with van der Waals surface area (Å²) >= 11 is 0. The fourth-order valence-corrected chi connectivity index (χ4v) is 3.12. The highest BCUT2D eigenvalue weighted by molar-refractivity contribution is 6.09. The second-order valence-corrected chi connectivity index (χ2v) is 6.02. The van der Waals surface area contributed by atoms with Crippen LogP contribution in [-0.2, 0) is 4.79 Å². The maximum atomic E-state index is 13.2. The lowest BCUT2D eigenvalue weighted by atomic mass is 10.1. The smallest absolute Gasteiger partial charge is 0.262 e. The second-order valence-electron chi connectivity index (χ2n) is 6.02. The number of nitriles is 1. The zero-order valence-corrected chi connectivity index (χ0v) is 13.8. The van der Waals surface area contributed by atoms with Crippen LogP contribution in [0.3, 0.4) is 0 Å². The van der Waals surface area contributed by atoms with E-state index in [9.17, 15) is 9.59 Å². The van der Waals surface area contributed by atoms with Gasteiger partial charge in [0.1, 0.15) is 18.1 Å². The molecule has 1 N–H and O–H groups in total. The largest absolute Gasteiger partial charge is 0.489 e. The van der Waals surface area contributed by atoms with E-state index in [4.69, 9.17) is 14.7 Å². The first-order valence-electron chi connectivity index (χ1n) is 8.16. The molecule has 0 saturated carbocycles. The first-order chi connectivity index (χ1) is 12.7. The topological polar surface area (TPSA) is 91.7 Å². The summed E-state index contributed by atoms with van der Waals surface area (Å²) in [5.74, 6) is 0.603. The van der Waals surface area contributed by atoms with Crippen LogP contribution in [0.1, 0.15) is 16.8 Å². The third-order valence-electron chi connectivity index (χ3n) is 4.33. The fraction of sp³-hybridized carbons (Fsp3) is 0.211. The van der Waals surface area contributed by atoms with Gasteiger partial charge in [0, 0.05) is 5.56 Å². The summed E-state index contributed by atoms with van der Waals surface area (Å²) in [6.45, 7) is 0.211. The van der Waals surface area contributed by atoms with Crippen molar-refractivity contribution < 1.29 is 19.1 Å². The minimum atomic E-state index is -0.385. The zero-order valence-electron chi connectivity index (χ0n) is 13.8. The molecule has 130 valence electrons. The number of ether oxygens (including phenoxy) is 2. The van der Waals surface area contributed by atoms with Crippen LogP contribution in [0.5, 0.6) is 11.5 Å². The standard InChI is InChI=1S/C19H15N3O4/c20-8-7-13-10-25-17-4-2-1-3-15(17)22(13)19(24)12-5-6-16-14(9-12)21-18(23)11-26-16/h1-6,9,13H,7,10-11H2,(H,21,23)/t13-/m0/s1. The third-order valence-corrected chi connectivity index (χ3v) is 4.33. The molecule has 7 heteroatoms. The van der Waals surface area contributed by atoms with Gasteiger partial charge in [0.25, 0.3) is 11.8 Å². The minimum absolute atomic E-state index is 0.0403. The van der Waals surface area contributed by atoms with E-state index in [1.54, 1.807) is 35.2 Å². The Kier molecular flexibility index (Phi) is 3.93. The maximum Gasteiger partial charge on any atom is 0.262 e. The molecule has 0 unspecified atom stereocenters. The summed E-state index contributed by atoms with van der Waals surface area (Å²) in [5.41, 5.74) is 1.49. The number of para-hydroxylation sites is 2. The van der Waals surface area contributed by atoms with Gasteiger partial charge in [-0.15, -0.1) is 0 Å². The van der Waals surface area contributed by atoms with Crippen molar-refractivity contribution in [3.8, 4) is 17.6 Å². The van der Waals surface area contributed by atoms with Gasteiger partial charge in [0.05, 0.1) is 29.9 Å². The summed E-state index contributed by atoms with van der Waals surface area (Å²) < 4.78 is 11.0. The molecule has 4 rings (SSSR count). The highest BCUT2D eigenvalue weighted by Crippen LogP contribution is 2.36. The molecule has 0 fully saturated rings. The normalized spacial score (nSPS) is 17.7. The van der Waals surface area contributed by atoms with Gasteiger partial charge in [0.2, 0.25) is 0 Å². The molecule has 0 bridgehead atoms. The number of carbonyl (C=O) groups excluding carboxylic acids is 2. The number of carbonyl (C=O) groups is 2. The molecule has 2 amide bonds. The summed E-state index contributed by atoms with van der Waals surface area (Å²) in [6, 6.07) is 13.9. The van der Waals surface area contributed by atoms with E-state index in [0.717, 1.165) is 0 Å². The maximum absolute atomic E-state index is 13.2.